The van der Waals surface area contributed by atoms with Crippen LogP contribution in [0.25, 0.3) is 11.1 Å². The average Bonchev–Trinajstić information content (AvgIpc) is 2.77. The molecule has 0 aliphatic heterocycles. The number of esters is 1. The number of rotatable bonds is 5. The number of anilines is 2. The molecule has 0 radical (unpaired) electrons. The molecule has 0 fully saturated rings. The molecule has 32 heavy (non-hydrogen) atoms. The molecule has 0 amide bonds. The Balaban J connectivity index is 1.99. The number of benzene rings is 1. The second-order valence-corrected chi connectivity index (χ2v) is 6.32. The van der Waals surface area contributed by atoms with Crippen molar-refractivity contribution in [2.24, 2.45) is 0 Å². The molecule has 0 atom stereocenters. The molecule has 3 rings (SSSR count). The summed E-state index contributed by atoms with van der Waals surface area (Å²) in [5.41, 5.74) is 7.10. The number of halogens is 3. The molecule has 3 N–H and O–H groups in total. The van der Waals surface area contributed by atoms with E-state index in [1.807, 2.05) is 12.1 Å². The summed E-state index contributed by atoms with van der Waals surface area (Å²) in [6, 6.07) is 12.3. The van der Waals surface area contributed by atoms with E-state index in [2.05, 4.69) is 20.0 Å². The molecule has 11 heteroatoms. The summed E-state index contributed by atoms with van der Waals surface area (Å²) < 4.78 is 41.4. The van der Waals surface area contributed by atoms with Gasteiger partial charge < -0.3 is 15.8 Å². The summed E-state index contributed by atoms with van der Waals surface area (Å²) in [6.45, 7) is 0.270. The van der Waals surface area contributed by atoms with Gasteiger partial charge in [-0.2, -0.15) is 23.7 Å². The number of carbonyl (C=O) groups excluding carboxylic acids is 1. The molecule has 0 bridgehead atoms. The highest BCUT2D eigenvalue weighted by Crippen LogP contribution is 2.35. The number of pyridine rings is 2. The van der Waals surface area contributed by atoms with Crippen LogP contribution in [0.3, 0.4) is 0 Å². The minimum Gasteiger partial charge on any atom is -0.420 e. The maximum atomic E-state index is 12.4. The molecular formula is C21H13F3N6O2. The van der Waals surface area contributed by atoms with Gasteiger partial charge in [0, 0.05) is 24.5 Å². The fourth-order valence-corrected chi connectivity index (χ4v) is 2.79. The second-order valence-electron chi connectivity index (χ2n) is 6.32. The lowest BCUT2D eigenvalue weighted by atomic mass is 9.96. The van der Waals surface area contributed by atoms with E-state index in [4.69, 9.17) is 5.73 Å². The predicted octanol–water partition coefficient (Wildman–Crippen LogP) is 3.55. The quantitative estimate of drug-likeness (QED) is 0.456. The van der Waals surface area contributed by atoms with Crippen LogP contribution in [-0.4, -0.2) is 22.1 Å². The fraction of sp³-hybridized carbons (Fsp3) is 0.0952. The van der Waals surface area contributed by atoms with Crippen LogP contribution in [0.4, 0.5) is 24.8 Å². The first-order valence-corrected chi connectivity index (χ1v) is 8.90. The van der Waals surface area contributed by atoms with Crippen molar-refractivity contribution in [2.45, 2.75) is 12.7 Å². The number of carbonyl (C=O) groups is 1. The first kappa shape index (κ1) is 22.1. The van der Waals surface area contributed by atoms with Gasteiger partial charge in [0.2, 0.25) is 0 Å². The van der Waals surface area contributed by atoms with Crippen LogP contribution in [0.2, 0.25) is 0 Å². The number of alkyl halides is 3. The number of nitrogens with two attached hydrogens (primary N) is 1. The van der Waals surface area contributed by atoms with Gasteiger partial charge in [-0.05, 0) is 29.3 Å². The van der Waals surface area contributed by atoms with Gasteiger partial charge in [0.05, 0.1) is 0 Å². The van der Waals surface area contributed by atoms with Gasteiger partial charge in [0.1, 0.15) is 40.7 Å². The highest BCUT2D eigenvalue weighted by Gasteiger charge is 2.41. The first-order valence-electron chi connectivity index (χ1n) is 8.90. The zero-order valence-corrected chi connectivity index (χ0v) is 16.1. The second kappa shape index (κ2) is 9.02. The number of ether oxygens (including phenoxy) is 1. The molecule has 0 aliphatic rings. The van der Waals surface area contributed by atoms with E-state index < -0.39 is 12.1 Å². The minimum absolute atomic E-state index is 0.0136. The Morgan fingerprint density at radius 2 is 1.81 bits per heavy atom. The number of nitrogens with zero attached hydrogens (tertiary/aromatic N) is 4. The van der Waals surface area contributed by atoms with Crippen LogP contribution in [0.5, 0.6) is 5.75 Å². The molecule has 3 aromatic rings. The summed E-state index contributed by atoms with van der Waals surface area (Å²) in [5, 5.41) is 22.3. The number of nitrogens with one attached hydrogen (secondary N) is 1. The largest absolute Gasteiger partial charge is 0.491 e. The fourth-order valence-electron chi connectivity index (χ4n) is 2.79. The van der Waals surface area contributed by atoms with Gasteiger partial charge in [-0.3, -0.25) is 4.98 Å². The lowest BCUT2D eigenvalue weighted by molar-refractivity contribution is -0.189. The van der Waals surface area contributed by atoms with Gasteiger partial charge in [-0.1, -0.05) is 18.2 Å². The van der Waals surface area contributed by atoms with Crippen molar-refractivity contribution in [1.82, 2.24) is 9.97 Å². The van der Waals surface area contributed by atoms with E-state index in [9.17, 15) is 28.5 Å². The lowest BCUT2D eigenvalue weighted by Crippen LogP contribution is -2.27. The average molecular weight is 438 g/mol. The molecule has 2 heterocycles. The van der Waals surface area contributed by atoms with Gasteiger partial charge >= 0.3 is 12.1 Å². The summed E-state index contributed by atoms with van der Waals surface area (Å²) in [5.74, 6) is -2.74. The zero-order chi connectivity index (χ0) is 23.3. The van der Waals surface area contributed by atoms with Gasteiger partial charge in [-0.15, -0.1) is 0 Å². The molecule has 0 spiro atoms. The molecule has 0 saturated carbocycles. The van der Waals surface area contributed by atoms with Crippen molar-refractivity contribution in [2.75, 3.05) is 11.1 Å². The van der Waals surface area contributed by atoms with Crippen molar-refractivity contribution in [3.05, 3.63) is 65.5 Å². The Labute approximate surface area is 179 Å². The van der Waals surface area contributed by atoms with Crippen LogP contribution >= 0.6 is 0 Å². The zero-order valence-electron chi connectivity index (χ0n) is 16.1. The van der Waals surface area contributed by atoms with Crippen molar-refractivity contribution in [3.8, 4) is 29.0 Å². The Bertz CT molecular complexity index is 1230. The molecule has 1 aromatic carbocycles. The van der Waals surface area contributed by atoms with Crippen molar-refractivity contribution in [3.63, 3.8) is 0 Å². The van der Waals surface area contributed by atoms with E-state index in [0.717, 1.165) is 17.7 Å². The van der Waals surface area contributed by atoms with E-state index >= 15 is 0 Å². The van der Waals surface area contributed by atoms with Crippen LogP contribution in [0, 0.1) is 22.7 Å². The Morgan fingerprint density at radius 1 is 1.12 bits per heavy atom. The number of hydrogen-bond acceptors (Lipinski definition) is 8. The maximum absolute atomic E-state index is 12.4. The van der Waals surface area contributed by atoms with Crippen LogP contribution in [0.15, 0.2) is 48.8 Å². The van der Waals surface area contributed by atoms with E-state index in [1.54, 1.807) is 24.5 Å². The molecule has 0 aliphatic carbocycles. The van der Waals surface area contributed by atoms with Crippen molar-refractivity contribution < 1.29 is 22.7 Å². The summed E-state index contributed by atoms with van der Waals surface area (Å²) in [7, 11) is 0. The van der Waals surface area contributed by atoms with Gasteiger partial charge in [-0.25, -0.2) is 9.78 Å². The van der Waals surface area contributed by atoms with E-state index in [0.29, 0.717) is 5.56 Å². The highest BCUT2D eigenvalue weighted by atomic mass is 19.4. The van der Waals surface area contributed by atoms with Gasteiger partial charge in [0.15, 0.2) is 0 Å². The molecule has 2 aromatic heterocycles. The molecule has 0 saturated heterocycles. The monoisotopic (exact) mass is 438 g/mol. The summed E-state index contributed by atoms with van der Waals surface area (Å²) in [6.07, 6.45) is -1.92. The van der Waals surface area contributed by atoms with Crippen molar-refractivity contribution in [1.29, 1.82) is 10.5 Å². The predicted molar refractivity (Wildman–Crippen MR) is 107 cm³/mol. The Morgan fingerprint density at radius 3 is 2.38 bits per heavy atom. The van der Waals surface area contributed by atoms with Crippen LogP contribution in [0.1, 0.15) is 16.7 Å². The molecule has 160 valence electrons. The van der Waals surface area contributed by atoms with Gasteiger partial charge in [0.25, 0.3) is 0 Å². The van der Waals surface area contributed by atoms with E-state index in [1.165, 1.54) is 12.1 Å². The van der Waals surface area contributed by atoms with E-state index in [-0.39, 0.29) is 40.6 Å². The van der Waals surface area contributed by atoms with Crippen molar-refractivity contribution >= 4 is 17.6 Å². The Kier molecular flexibility index (Phi) is 6.21. The standard InChI is InChI=1S/C21H13F3N6O2/c22-21(23,24)20(31)32-14-5-3-13(4-6-14)17-15(8-25)18(27)30-19(16(17)9-26)29-11-12-2-1-7-28-10-12/h1-7,10H,11H2,(H3,27,29,30). The third-order valence-electron chi connectivity index (χ3n) is 4.22. The topological polar surface area (TPSA) is 138 Å². The SMILES string of the molecule is N#Cc1c(N)nc(NCc2cccnc2)c(C#N)c1-c1ccc(OC(=O)C(F)(F)F)cc1. The number of hydrogen-bond donors (Lipinski definition) is 2. The minimum atomic E-state index is -5.14. The van der Waals surface area contributed by atoms with Crippen LogP contribution in [-0.2, 0) is 11.3 Å². The smallest absolute Gasteiger partial charge is 0.420 e. The molecular weight excluding hydrogens is 425 g/mol. The highest BCUT2D eigenvalue weighted by molar-refractivity contribution is 5.85. The number of nitriles is 2. The number of nitrogen functional groups attached to an aromatic ring is 1. The molecule has 8 nitrogen and oxygen atoms in total. The third-order valence-corrected chi connectivity index (χ3v) is 4.22. The number of aromatic nitrogens is 2. The Hall–Kier alpha value is -4.64. The van der Waals surface area contributed by atoms with Crippen LogP contribution < -0.4 is 15.8 Å². The maximum Gasteiger partial charge on any atom is 0.491 e. The normalized spacial score (nSPS) is 10.7. The first-order chi connectivity index (χ1) is 15.2. The lowest BCUT2D eigenvalue weighted by Gasteiger charge is -2.15. The molecule has 0 unspecified atom stereocenters. The third kappa shape index (κ3) is 4.74. The summed E-state index contributed by atoms with van der Waals surface area (Å²) >= 11 is 0. The summed E-state index contributed by atoms with van der Waals surface area (Å²) in [4.78, 5) is 19.1.